The van der Waals surface area contributed by atoms with Crippen LogP contribution in [-0.2, 0) is 6.54 Å². The summed E-state index contributed by atoms with van der Waals surface area (Å²) in [4.78, 5) is 8.44. The molecule has 2 N–H and O–H groups in total. The number of nitrogens with zero attached hydrogens (tertiary/aromatic N) is 3. The number of aromatic nitrogens is 2. The van der Waals surface area contributed by atoms with Crippen LogP contribution in [0.4, 0.5) is 4.39 Å². The van der Waals surface area contributed by atoms with E-state index in [1.54, 1.807) is 29.4 Å². The van der Waals surface area contributed by atoms with Crippen molar-refractivity contribution in [2.24, 2.45) is 4.99 Å². The van der Waals surface area contributed by atoms with Crippen LogP contribution in [0.3, 0.4) is 0 Å². The highest BCUT2D eigenvalue weighted by molar-refractivity contribution is 5.80. The van der Waals surface area contributed by atoms with Crippen molar-refractivity contribution in [2.45, 2.75) is 32.4 Å². The molecule has 1 heterocycles. The second-order valence-electron chi connectivity index (χ2n) is 5.37. The average Bonchev–Trinajstić information content (AvgIpc) is 3.16. The molecule has 1 saturated carbocycles. The number of halogens is 1. The van der Waals surface area contributed by atoms with Crippen molar-refractivity contribution in [1.29, 1.82) is 0 Å². The molecule has 2 aromatic rings. The monoisotopic (exact) mass is 301 g/mol. The zero-order valence-corrected chi connectivity index (χ0v) is 12.6. The van der Waals surface area contributed by atoms with Gasteiger partial charge < -0.3 is 15.2 Å². The van der Waals surface area contributed by atoms with E-state index in [0.717, 1.165) is 18.1 Å². The fourth-order valence-electron chi connectivity index (χ4n) is 2.17. The highest BCUT2D eigenvalue weighted by Gasteiger charge is 2.22. The molecule has 1 aromatic carbocycles. The van der Waals surface area contributed by atoms with E-state index in [0.29, 0.717) is 18.3 Å². The maximum atomic E-state index is 14.2. The fourth-order valence-corrected chi connectivity index (χ4v) is 2.17. The molecule has 5 nitrogen and oxygen atoms in total. The standard InChI is InChI=1S/C16H20FN5/c1-2-19-16(21-13-4-5-13)20-10-12-3-6-15(14(17)9-12)22-8-7-18-11-22/h3,6-9,11,13H,2,4-5,10H2,1H3,(H2,19,20,21). The fraction of sp³-hybridized carbons (Fsp3) is 0.375. The molecule has 0 amide bonds. The topological polar surface area (TPSA) is 54.2 Å². The lowest BCUT2D eigenvalue weighted by Crippen LogP contribution is -2.38. The van der Waals surface area contributed by atoms with E-state index in [4.69, 9.17) is 0 Å². The summed E-state index contributed by atoms with van der Waals surface area (Å²) in [5, 5.41) is 6.55. The third-order valence-electron chi connectivity index (χ3n) is 3.48. The summed E-state index contributed by atoms with van der Waals surface area (Å²) in [7, 11) is 0. The molecule has 0 bridgehead atoms. The number of imidazole rings is 1. The summed E-state index contributed by atoms with van der Waals surface area (Å²) in [6.07, 6.45) is 7.32. The van der Waals surface area contributed by atoms with Gasteiger partial charge in [-0.1, -0.05) is 6.07 Å². The van der Waals surface area contributed by atoms with Gasteiger partial charge in [0.25, 0.3) is 0 Å². The normalized spacial score (nSPS) is 14.9. The molecule has 3 rings (SSSR count). The molecule has 0 radical (unpaired) electrons. The van der Waals surface area contributed by atoms with Gasteiger partial charge in [0.05, 0.1) is 18.6 Å². The van der Waals surface area contributed by atoms with Crippen molar-refractivity contribution in [2.75, 3.05) is 6.54 Å². The van der Waals surface area contributed by atoms with Crippen molar-refractivity contribution in [3.8, 4) is 5.69 Å². The van der Waals surface area contributed by atoms with Gasteiger partial charge in [-0.3, -0.25) is 0 Å². The van der Waals surface area contributed by atoms with Gasteiger partial charge in [0.2, 0.25) is 0 Å². The third kappa shape index (κ3) is 3.63. The Hall–Kier alpha value is -2.37. The Morgan fingerprint density at radius 3 is 2.95 bits per heavy atom. The van der Waals surface area contributed by atoms with Crippen LogP contribution in [0, 0.1) is 5.82 Å². The first-order valence-corrected chi connectivity index (χ1v) is 7.58. The van der Waals surface area contributed by atoms with Gasteiger partial charge in [-0.05, 0) is 37.5 Å². The number of guanidine groups is 1. The van der Waals surface area contributed by atoms with Crippen LogP contribution < -0.4 is 10.6 Å². The Kier molecular flexibility index (Phi) is 4.37. The van der Waals surface area contributed by atoms with Gasteiger partial charge in [0, 0.05) is 25.0 Å². The number of hydrogen-bond acceptors (Lipinski definition) is 2. The lowest BCUT2D eigenvalue weighted by molar-refractivity contribution is 0.615. The highest BCUT2D eigenvalue weighted by Crippen LogP contribution is 2.18. The summed E-state index contributed by atoms with van der Waals surface area (Å²) < 4.78 is 15.8. The first-order valence-electron chi connectivity index (χ1n) is 7.58. The van der Waals surface area contributed by atoms with E-state index < -0.39 is 0 Å². The Labute approximate surface area is 129 Å². The molecule has 1 aromatic heterocycles. The SMILES string of the molecule is CCNC(=NCc1ccc(-n2ccnc2)c(F)c1)NC1CC1. The van der Waals surface area contributed by atoms with Crippen molar-refractivity contribution < 1.29 is 4.39 Å². The first-order chi connectivity index (χ1) is 10.8. The molecule has 0 atom stereocenters. The molecule has 1 fully saturated rings. The maximum Gasteiger partial charge on any atom is 0.191 e. The minimum absolute atomic E-state index is 0.272. The quantitative estimate of drug-likeness (QED) is 0.658. The molecule has 0 aliphatic heterocycles. The first kappa shape index (κ1) is 14.6. The zero-order chi connectivity index (χ0) is 15.4. The lowest BCUT2D eigenvalue weighted by Gasteiger charge is -2.10. The summed E-state index contributed by atoms with van der Waals surface area (Å²) in [5.74, 6) is 0.523. The number of benzene rings is 1. The van der Waals surface area contributed by atoms with E-state index in [1.165, 1.54) is 18.9 Å². The van der Waals surface area contributed by atoms with E-state index >= 15 is 0 Å². The Balaban J connectivity index is 1.70. The molecule has 22 heavy (non-hydrogen) atoms. The Morgan fingerprint density at radius 1 is 1.45 bits per heavy atom. The predicted molar refractivity (Wildman–Crippen MR) is 84.5 cm³/mol. The van der Waals surface area contributed by atoms with Crippen LogP contribution in [0.15, 0.2) is 41.9 Å². The Bertz CT molecular complexity index is 647. The lowest BCUT2D eigenvalue weighted by atomic mass is 10.2. The Morgan fingerprint density at radius 2 is 2.32 bits per heavy atom. The van der Waals surface area contributed by atoms with Crippen LogP contribution in [0.25, 0.3) is 5.69 Å². The second kappa shape index (κ2) is 6.60. The summed E-state index contributed by atoms with van der Waals surface area (Å²) >= 11 is 0. The zero-order valence-electron chi connectivity index (χ0n) is 12.6. The smallest absolute Gasteiger partial charge is 0.191 e. The number of nitrogens with one attached hydrogen (secondary N) is 2. The van der Waals surface area contributed by atoms with Gasteiger partial charge in [-0.15, -0.1) is 0 Å². The molecule has 0 saturated heterocycles. The van der Waals surface area contributed by atoms with Gasteiger partial charge in [-0.2, -0.15) is 0 Å². The molecule has 0 unspecified atom stereocenters. The molecule has 0 spiro atoms. The number of hydrogen-bond donors (Lipinski definition) is 2. The summed E-state index contributed by atoms with van der Waals surface area (Å²) in [6, 6.07) is 5.71. The third-order valence-corrected chi connectivity index (χ3v) is 3.48. The largest absolute Gasteiger partial charge is 0.357 e. The van der Waals surface area contributed by atoms with E-state index in [9.17, 15) is 4.39 Å². The minimum atomic E-state index is -0.272. The van der Waals surface area contributed by atoms with Crippen molar-refractivity contribution >= 4 is 5.96 Å². The molecular formula is C16H20FN5. The number of aliphatic imine (C=N–C) groups is 1. The second-order valence-corrected chi connectivity index (χ2v) is 5.37. The number of rotatable bonds is 5. The van der Waals surface area contributed by atoms with E-state index in [-0.39, 0.29) is 5.82 Å². The molecular weight excluding hydrogens is 281 g/mol. The minimum Gasteiger partial charge on any atom is -0.357 e. The molecule has 6 heteroatoms. The molecule has 1 aliphatic rings. The molecule has 116 valence electrons. The summed E-state index contributed by atoms with van der Waals surface area (Å²) in [6.45, 7) is 3.29. The molecule has 1 aliphatic carbocycles. The van der Waals surface area contributed by atoms with E-state index in [2.05, 4.69) is 20.6 Å². The summed E-state index contributed by atoms with van der Waals surface area (Å²) in [5.41, 5.74) is 1.34. The van der Waals surface area contributed by atoms with E-state index in [1.807, 2.05) is 13.0 Å². The van der Waals surface area contributed by atoms with Crippen LogP contribution in [0.1, 0.15) is 25.3 Å². The van der Waals surface area contributed by atoms with Gasteiger partial charge in [0.1, 0.15) is 5.82 Å². The van der Waals surface area contributed by atoms with Crippen LogP contribution in [0.5, 0.6) is 0 Å². The predicted octanol–water partition coefficient (Wildman–Crippen LogP) is 2.23. The van der Waals surface area contributed by atoms with Gasteiger partial charge >= 0.3 is 0 Å². The van der Waals surface area contributed by atoms with Crippen molar-refractivity contribution in [3.05, 3.63) is 48.3 Å². The van der Waals surface area contributed by atoms with Crippen LogP contribution >= 0.6 is 0 Å². The van der Waals surface area contributed by atoms with Gasteiger partial charge in [0.15, 0.2) is 5.96 Å². The van der Waals surface area contributed by atoms with Crippen molar-refractivity contribution in [3.63, 3.8) is 0 Å². The van der Waals surface area contributed by atoms with Crippen LogP contribution in [-0.4, -0.2) is 28.1 Å². The van der Waals surface area contributed by atoms with Crippen LogP contribution in [0.2, 0.25) is 0 Å². The van der Waals surface area contributed by atoms with Crippen molar-refractivity contribution in [1.82, 2.24) is 20.2 Å². The highest BCUT2D eigenvalue weighted by atomic mass is 19.1. The maximum absolute atomic E-state index is 14.2. The van der Waals surface area contributed by atoms with Gasteiger partial charge in [-0.25, -0.2) is 14.4 Å². The average molecular weight is 301 g/mol.